The number of methoxy groups -OCH3 is 1. The van der Waals surface area contributed by atoms with E-state index in [0.29, 0.717) is 35.6 Å². The van der Waals surface area contributed by atoms with Crippen LogP contribution in [0.3, 0.4) is 0 Å². The molecule has 7 nitrogen and oxygen atoms in total. The predicted octanol–water partition coefficient (Wildman–Crippen LogP) is 3.25. The highest BCUT2D eigenvalue weighted by Gasteiger charge is 2.30. The number of nitrogens with zero attached hydrogens (tertiary/aromatic N) is 1. The molecule has 2 heterocycles. The summed E-state index contributed by atoms with van der Waals surface area (Å²) in [5, 5.41) is 5.96. The molecular formula is C18H18BrN3O4S. The van der Waals surface area contributed by atoms with Crippen LogP contribution in [0.15, 0.2) is 28.7 Å². The number of anilines is 1. The molecule has 1 aromatic carbocycles. The zero-order valence-corrected chi connectivity index (χ0v) is 17.2. The van der Waals surface area contributed by atoms with Gasteiger partial charge in [0.15, 0.2) is 0 Å². The Morgan fingerprint density at radius 1 is 1.26 bits per heavy atom. The van der Waals surface area contributed by atoms with Crippen molar-refractivity contribution in [3.05, 3.63) is 50.3 Å². The number of nitrogens with one attached hydrogen (secondary N) is 2. The van der Waals surface area contributed by atoms with E-state index >= 15 is 0 Å². The van der Waals surface area contributed by atoms with Gasteiger partial charge in [-0.3, -0.25) is 9.59 Å². The topological polar surface area (TPSA) is 87.7 Å². The molecule has 3 amide bonds. The van der Waals surface area contributed by atoms with Crippen LogP contribution in [0.5, 0.6) is 0 Å². The molecule has 0 radical (unpaired) electrons. The molecule has 142 valence electrons. The number of hydrogen-bond acceptors (Lipinski definition) is 5. The van der Waals surface area contributed by atoms with Gasteiger partial charge in [-0.2, -0.15) is 0 Å². The Bertz CT molecular complexity index is 912. The summed E-state index contributed by atoms with van der Waals surface area (Å²) >= 11 is 4.66. The third-order valence-corrected chi connectivity index (χ3v) is 5.88. The lowest BCUT2D eigenvalue weighted by atomic mass is 10.0. The SMILES string of the molecule is CNC(=O)c1c(NC(=O)c2cccc(Br)c2)sc2c1CCN(C(=O)OC)C2. The Labute approximate surface area is 168 Å². The smallest absolute Gasteiger partial charge is 0.409 e. The second-order valence-electron chi connectivity index (χ2n) is 5.89. The Kier molecular flexibility index (Phi) is 5.81. The molecule has 3 rings (SSSR count). The van der Waals surface area contributed by atoms with Crippen molar-refractivity contribution in [3.63, 3.8) is 0 Å². The molecule has 0 fully saturated rings. The van der Waals surface area contributed by atoms with Gasteiger partial charge < -0.3 is 20.3 Å². The highest BCUT2D eigenvalue weighted by atomic mass is 79.9. The van der Waals surface area contributed by atoms with Crippen molar-refractivity contribution in [1.29, 1.82) is 0 Å². The molecule has 27 heavy (non-hydrogen) atoms. The van der Waals surface area contributed by atoms with E-state index in [0.717, 1.165) is 14.9 Å². The maximum Gasteiger partial charge on any atom is 0.409 e. The number of amides is 3. The van der Waals surface area contributed by atoms with Crippen molar-refractivity contribution in [3.8, 4) is 0 Å². The van der Waals surface area contributed by atoms with Gasteiger partial charge in [0.25, 0.3) is 11.8 Å². The van der Waals surface area contributed by atoms with Crippen LogP contribution in [-0.2, 0) is 17.7 Å². The monoisotopic (exact) mass is 451 g/mol. The largest absolute Gasteiger partial charge is 0.453 e. The van der Waals surface area contributed by atoms with Crippen LogP contribution in [-0.4, -0.2) is 43.5 Å². The average Bonchev–Trinajstić information content (AvgIpc) is 3.03. The lowest BCUT2D eigenvalue weighted by molar-refractivity contribution is 0.0962. The molecule has 0 aliphatic carbocycles. The fraction of sp³-hybridized carbons (Fsp3) is 0.278. The zero-order valence-electron chi connectivity index (χ0n) is 14.8. The third-order valence-electron chi connectivity index (χ3n) is 4.26. The number of benzene rings is 1. The van der Waals surface area contributed by atoms with Crippen LogP contribution in [0.1, 0.15) is 31.2 Å². The van der Waals surface area contributed by atoms with Crippen LogP contribution in [0.25, 0.3) is 0 Å². The number of thiophene rings is 1. The summed E-state index contributed by atoms with van der Waals surface area (Å²) in [5.41, 5.74) is 1.81. The van der Waals surface area contributed by atoms with Gasteiger partial charge in [-0.1, -0.05) is 22.0 Å². The molecule has 0 saturated carbocycles. The first-order valence-corrected chi connectivity index (χ1v) is 9.82. The van der Waals surface area contributed by atoms with E-state index in [1.54, 1.807) is 30.1 Å². The molecule has 2 aromatic rings. The van der Waals surface area contributed by atoms with Crippen LogP contribution in [0.4, 0.5) is 9.80 Å². The summed E-state index contributed by atoms with van der Waals surface area (Å²) in [6.45, 7) is 0.808. The first-order chi connectivity index (χ1) is 12.9. The Balaban J connectivity index is 1.93. The van der Waals surface area contributed by atoms with Gasteiger partial charge in [0.1, 0.15) is 5.00 Å². The van der Waals surface area contributed by atoms with E-state index in [4.69, 9.17) is 4.74 Å². The molecule has 2 N–H and O–H groups in total. The van der Waals surface area contributed by atoms with Crippen LogP contribution in [0, 0.1) is 0 Å². The molecular weight excluding hydrogens is 434 g/mol. The van der Waals surface area contributed by atoms with E-state index in [1.165, 1.54) is 18.4 Å². The van der Waals surface area contributed by atoms with E-state index in [-0.39, 0.29) is 11.8 Å². The molecule has 0 bridgehead atoms. The summed E-state index contributed by atoms with van der Waals surface area (Å²) in [5.74, 6) is -0.562. The normalized spacial score (nSPS) is 12.9. The summed E-state index contributed by atoms with van der Waals surface area (Å²) in [4.78, 5) is 39.3. The minimum atomic E-state index is -0.407. The molecule has 1 aromatic heterocycles. The fourth-order valence-electron chi connectivity index (χ4n) is 2.95. The van der Waals surface area contributed by atoms with Crippen molar-refractivity contribution < 1.29 is 19.1 Å². The van der Waals surface area contributed by atoms with Crippen molar-refractivity contribution in [2.45, 2.75) is 13.0 Å². The van der Waals surface area contributed by atoms with Crippen molar-refractivity contribution in [2.24, 2.45) is 0 Å². The van der Waals surface area contributed by atoms with Gasteiger partial charge in [-0.15, -0.1) is 11.3 Å². The minimum Gasteiger partial charge on any atom is -0.453 e. The molecule has 0 spiro atoms. The minimum absolute atomic E-state index is 0.261. The van der Waals surface area contributed by atoms with E-state index in [2.05, 4.69) is 26.6 Å². The van der Waals surface area contributed by atoms with Crippen LogP contribution < -0.4 is 10.6 Å². The number of rotatable bonds is 3. The van der Waals surface area contributed by atoms with E-state index in [1.807, 2.05) is 6.07 Å². The van der Waals surface area contributed by atoms with Crippen molar-refractivity contribution in [1.82, 2.24) is 10.2 Å². The van der Waals surface area contributed by atoms with Gasteiger partial charge in [-0.25, -0.2) is 4.79 Å². The summed E-state index contributed by atoms with van der Waals surface area (Å²) in [6.07, 6.45) is 0.117. The van der Waals surface area contributed by atoms with Crippen LogP contribution in [0.2, 0.25) is 0 Å². The zero-order chi connectivity index (χ0) is 19.6. The lowest BCUT2D eigenvalue weighted by Crippen LogP contribution is -2.35. The molecule has 0 atom stereocenters. The number of fused-ring (bicyclic) bond motifs is 1. The maximum atomic E-state index is 12.6. The quantitative estimate of drug-likeness (QED) is 0.749. The molecule has 0 unspecified atom stereocenters. The molecule has 1 aliphatic heterocycles. The first-order valence-electron chi connectivity index (χ1n) is 8.21. The third kappa shape index (κ3) is 3.98. The first kappa shape index (κ1) is 19.4. The standard InChI is InChI=1S/C18H18BrN3O4S/c1-20-16(24)14-12-6-7-22(18(25)26-2)9-13(12)27-17(14)21-15(23)10-4-3-5-11(19)8-10/h3-5,8H,6-7,9H2,1-2H3,(H,20,24)(H,21,23). The number of halogens is 1. The number of carbonyl (C=O) groups is 3. The van der Waals surface area contributed by atoms with E-state index in [9.17, 15) is 14.4 Å². The van der Waals surface area contributed by atoms with E-state index < -0.39 is 6.09 Å². The lowest BCUT2D eigenvalue weighted by Gasteiger charge is -2.25. The second-order valence-corrected chi connectivity index (χ2v) is 7.91. The van der Waals surface area contributed by atoms with Crippen LogP contribution >= 0.6 is 27.3 Å². The maximum absolute atomic E-state index is 12.6. The van der Waals surface area contributed by atoms with Crippen molar-refractivity contribution >= 4 is 50.2 Å². The number of ether oxygens (including phenoxy) is 1. The molecule has 0 saturated heterocycles. The highest BCUT2D eigenvalue weighted by molar-refractivity contribution is 9.10. The fourth-order valence-corrected chi connectivity index (χ4v) is 4.60. The average molecular weight is 452 g/mol. The number of hydrogen-bond donors (Lipinski definition) is 2. The van der Waals surface area contributed by atoms with Gasteiger partial charge in [0.05, 0.1) is 19.2 Å². The second kappa shape index (κ2) is 8.10. The summed E-state index contributed by atoms with van der Waals surface area (Å²) < 4.78 is 5.57. The van der Waals surface area contributed by atoms with Gasteiger partial charge >= 0.3 is 6.09 Å². The van der Waals surface area contributed by atoms with Crippen molar-refractivity contribution in [2.75, 3.05) is 26.0 Å². The Morgan fingerprint density at radius 3 is 2.70 bits per heavy atom. The van der Waals surface area contributed by atoms with Gasteiger partial charge in [0, 0.05) is 28.5 Å². The summed E-state index contributed by atoms with van der Waals surface area (Å²) in [7, 11) is 2.89. The molecule has 1 aliphatic rings. The molecule has 9 heteroatoms. The van der Waals surface area contributed by atoms with Gasteiger partial charge in [-0.05, 0) is 30.2 Å². The summed E-state index contributed by atoms with van der Waals surface area (Å²) in [6, 6.07) is 7.01. The predicted molar refractivity (Wildman–Crippen MR) is 106 cm³/mol. The Hall–Kier alpha value is -2.39. The van der Waals surface area contributed by atoms with Gasteiger partial charge in [0.2, 0.25) is 0 Å². The Morgan fingerprint density at radius 2 is 2.04 bits per heavy atom. The highest BCUT2D eigenvalue weighted by Crippen LogP contribution is 2.37. The number of carbonyl (C=O) groups excluding carboxylic acids is 3.